The molecule has 1 aliphatic rings. The van der Waals surface area contributed by atoms with Gasteiger partial charge in [0.15, 0.2) is 9.84 Å². The summed E-state index contributed by atoms with van der Waals surface area (Å²) in [5.74, 6) is -2.22. The van der Waals surface area contributed by atoms with Gasteiger partial charge in [-0.25, -0.2) is 8.42 Å². The zero-order valence-electron chi connectivity index (χ0n) is 9.54. The number of hydrogen-bond donors (Lipinski definition) is 1. The minimum atomic E-state index is -3.15. The number of aliphatic carboxylic acids is 1. The molecule has 2 unspecified atom stereocenters. The molecular formula is C12H13ClO4S. The van der Waals surface area contributed by atoms with Crippen LogP contribution >= 0.6 is 11.6 Å². The molecule has 0 spiro atoms. The second kappa shape index (κ2) is 4.90. The second-order valence-corrected chi connectivity index (χ2v) is 7.17. The molecule has 18 heavy (non-hydrogen) atoms. The Labute approximate surface area is 110 Å². The highest BCUT2D eigenvalue weighted by Gasteiger charge is 2.38. The third-order valence-corrected chi connectivity index (χ3v) is 5.25. The Morgan fingerprint density at radius 1 is 1.28 bits per heavy atom. The van der Waals surface area contributed by atoms with E-state index in [1.807, 2.05) is 0 Å². The SMILES string of the molecule is O=C(O)C1CCS(=O)(=O)CC1c1ccc(Cl)cc1. The lowest BCUT2D eigenvalue weighted by Crippen LogP contribution is -2.35. The van der Waals surface area contributed by atoms with Gasteiger partial charge >= 0.3 is 5.97 Å². The molecule has 1 saturated heterocycles. The van der Waals surface area contributed by atoms with Crippen LogP contribution in [0.25, 0.3) is 0 Å². The van der Waals surface area contributed by atoms with Gasteiger partial charge in [0.1, 0.15) is 0 Å². The molecule has 0 aliphatic carbocycles. The first-order valence-corrected chi connectivity index (χ1v) is 7.78. The molecule has 2 atom stereocenters. The molecule has 0 saturated carbocycles. The van der Waals surface area contributed by atoms with Crippen molar-refractivity contribution >= 4 is 27.4 Å². The van der Waals surface area contributed by atoms with Crippen LogP contribution < -0.4 is 0 Å². The van der Waals surface area contributed by atoms with Gasteiger partial charge in [-0.05, 0) is 24.1 Å². The van der Waals surface area contributed by atoms with Gasteiger partial charge in [-0.2, -0.15) is 0 Å². The molecule has 6 heteroatoms. The van der Waals surface area contributed by atoms with Crippen molar-refractivity contribution in [1.82, 2.24) is 0 Å². The van der Waals surface area contributed by atoms with Crippen molar-refractivity contribution in [2.75, 3.05) is 11.5 Å². The number of carboxylic acid groups (broad SMARTS) is 1. The van der Waals surface area contributed by atoms with Crippen molar-refractivity contribution in [2.24, 2.45) is 5.92 Å². The summed E-state index contributed by atoms with van der Waals surface area (Å²) in [6.07, 6.45) is 0.172. The summed E-state index contributed by atoms with van der Waals surface area (Å²) < 4.78 is 23.3. The van der Waals surface area contributed by atoms with Crippen molar-refractivity contribution in [3.05, 3.63) is 34.9 Å². The second-order valence-electron chi connectivity index (χ2n) is 4.51. The van der Waals surface area contributed by atoms with E-state index in [-0.39, 0.29) is 17.9 Å². The van der Waals surface area contributed by atoms with Gasteiger partial charge in [0, 0.05) is 10.9 Å². The van der Waals surface area contributed by atoms with Crippen LogP contribution in [-0.2, 0) is 14.6 Å². The van der Waals surface area contributed by atoms with Crippen molar-refractivity contribution in [3.63, 3.8) is 0 Å². The Bertz CT molecular complexity index is 550. The van der Waals surface area contributed by atoms with E-state index in [0.717, 1.165) is 5.56 Å². The highest BCUT2D eigenvalue weighted by Crippen LogP contribution is 2.34. The summed E-state index contributed by atoms with van der Waals surface area (Å²) in [7, 11) is -3.15. The molecule has 1 aromatic carbocycles. The lowest BCUT2D eigenvalue weighted by molar-refractivity contribution is -0.142. The predicted octanol–water partition coefficient (Wildman–Crippen LogP) is 1.94. The van der Waals surface area contributed by atoms with E-state index < -0.39 is 27.6 Å². The number of sulfone groups is 1. The molecule has 2 rings (SSSR count). The third-order valence-electron chi connectivity index (χ3n) is 3.27. The first kappa shape index (κ1) is 13.4. The highest BCUT2D eigenvalue weighted by atomic mass is 35.5. The van der Waals surface area contributed by atoms with Crippen LogP contribution in [0.4, 0.5) is 0 Å². The highest BCUT2D eigenvalue weighted by molar-refractivity contribution is 7.91. The lowest BCUT2D eigenvalue weighted by atomic mass is 9.85. The Hall–Kier alpha value is -1.07. The summed E-state index contributed by atoms with van der Waals surface area (Å²) in [5, 5.41) is 9.72. The summed E-state index contributed by atoms with van der Waals surface area (Å²) in [6, 6.07) is 6.70. The van der Waals surface area contributed by atoms with E-state index in [4.69, 9.17) is 11.6 Å². The molecule has 1 heterocycles. The number of rotatable bonds is 2. The maximum absolute atomic E-state index is 11.7. The zero-order chi connectivity index (χ0) is 13.3. The molecule has 4 nitrogen and oxygen atoms in total. The molecule has 0 aromatic heterocycles. The topological polar surface area (TPSA) is 71.4 Å². The number of hydrogen-bond acceptors (Lipinski definition) is 3. The predicted molar refractivity (Wildman–Crippen MR) is 68.6 cm³/mol. The van der Waals surface area contributed by atoms with Gasteiger partial charge < -0.3 is 5.11 Å². The molecule has 98 valence electrons. The standard InChI is InChI=1S/C12H13ClO4S/c13-9-3-1-8(2-4-9)11-7-18(16,17)6-5-10(11)12(14)15/h1-4,10-11H,5-7H2,(H,14,15). The van der Waals surface area contributed by atoms with Crippen LogP contribution in [0.3, 0.4) is 0 Å². The van der Waals surface area contributed by atoms with E-state index in [1.54, 1.807) is 24.3 Å². The molecule has 1 aromatic rings. The molecule has 1 N–H and O–H groups in total. The first-order chi connectivity index (χ1) is 8.39. The quantitative estimate of drug-likeness (QED) is 0.903. The van der Waals surface area contributed by atoms with Crippen LogP contribution in [-0.4, -0.2) is 31.0 Å². The fourth-order valence-corrected chi connectivity index (χ4v) is 4.19. The molecular weight excluding hydrogens is 276 g/mol. The molecule has 0 radical (unpaired) electrons. The maximum atomic E-state index is 11.7. The largest absolute Gasteiger partial charge is 0.481 e. The average Bonchev–Trinajstić information content (AvgIpc) is 2.28. The van der Waals surface area contributed by atoms with Gasteiger partial charge in [0.05, 0.1) is 17.4 Å². The summed E-state index contributed by atoms with van der Waals surface area (Å²) in [4.78, 5) is 11.2. The van der Waals surface area contributed by atoms with Gasteiger partial charge in [-0.1, -0.05) is 23.7 Å². The van der Waals surface area contributed by atoms with E-state index in [2.05, 4.69) is 0 Å². The fourth-order valence-electron chi connectivity index (χ4n) is 2.31. The van der Waals surface area contributed by atoms with E-state index >= 15 is 0 Å². The van der Waals surface area contributed by atoms with E-state index in [1.165, 1.54) is 0 Å². The summed E-state index contributed by atoms with van der Waals surface area (Å²) in [6.45, 7) is 0. The summed E-state index contributed by atoms with van der Waals surface area (Å²) in [5.41, 5.74) is 0.718. The van der Waals surface area contributed by atoms with Crippen LogP contribution in [0.2, 0.25) is 5.02 Å². The first-order valence-electron chi connectivity index (χ1n) is 5.58. The van der Waals surface area contributed by atoms with Crippen molar-refractivity contribution in [2.45, 2.75) is 12.3 Å². The van der Waals surface area contributed by atoms with Gasteiger partial charge in [-0.15, -0.1) is 0 Å². The number of benzene rings is 1. The number of carbonyl (C=O) groups is 1. The molecule has 1 aliphatic heterocycles. The number of carboxylic acids is 1. The van der Waals surface area contributed by atoms with Crippen LogP contribution in [0, 0.1) is 5.92 Å². The van der Waals surface area contributed by atoms with Crippen molar-refractivity contribution < 1.29 is 18.3 Å². The van der Waals surface area contributed by atoms with Crippen LogP contribution in [0.1, 0.15) is 17.9 Å². The van der Waals surface area contributed by atoms with Crippen molar-refractivity contribution in [3.8, 4) is 0 Å². The monoisotopic (exact) mass is 288 g/mol. The van der Waals surface area contributed by atoms with Gasteiger partial charge in [0.25, 0.3) is 0 Å². The Morgan fingerprint density at radius 3 is 2.44 bits per heavy atom. The van der Waals surface area contributed by atoms with Gasteiger partial charge in [-0.3, -0.25) is 4.79 Å². The molecule has 1 fully saturated rings. The lowest BCUT2D eigenvalue weighted by Gasteiger charge is -2.28. The third kappa shape index (κ3) is 2.84. The Morgan fingerprint density at radius 2 is 1.89 bits per heavy atom. The smallest absolute Gasteiger partial charge is 0.307 e. The molecule has 0 bridgehead atoms. The maximum Gasteiger partial charge on any atom is 0.307 e. The Kier molecular flexibility index (Phi) is 3.64. The summed E-state index contributed by atoms with van der Waals surface area (Å²) >= 11 is 5.77. The van der Waals surface area contributed by atoms with Gasteiger partial charge in [0.2, 0.25) is 0 Å². The number of halogens is 1. The minimum Gasteiger partial charge on any atom is -0.481 e. The van der Waals surface area contributed by atoms with Crippen LogP contribution in [0.15, 0.2) is 24.3 Å². The van der Waals surface area contributed by atoms with Crippen LogP contribution in [0.5, 0.6) is 0 Å². The minimum absolute atomic E-state index is 0.0476. The zero-order valence-corrected chi connectivity index (χ0v) is 11.1. The fraction of sp³-hybridized carbons (Fsp3) is 0.417. The molecule has 0 amide bonds. The van der Waals surface area contributed by atoms with Crippen molar-refractivity contribution in [1.29, 1.82) is 0 Å². The van der Waals surface area contributed by atoms with E-state index in [9.17, 15) is 18.3 Å². The average molecular weight is 289 g/mol. The Balaban J connectivity index is 2.36. The normalized spacial score (nSPS) is 26.7. The van der Waals surface area contributed by atoms with E-state index in [0.29, 0.717) is 5.02 Å².